The number of nitrogens with zero attached hydrogens (tertiary/aromatic N) is 4. The van der Waals surface area contributed by atoms with Crippen molar-refractivity contribution in [1.29, 1.82) is 0 Å². The summed E-state index contributed by atoms with van der Waals surface area (Å²) < 4.78 is 12.8. The van der Waals surface area contributed by atoms with Gasteiger partial charge in [-0.1, -0.05) is 47.2 Å². The summed E-state index contributed by atoms with van der Waals surface area (Å²) in [6.45, 7) is 4.09. The second-order valence-electron chi connectivity index (χ2n) is 8.89. The standard InChI is InChI=1S/C28H27N5O4/c1-19-9-12-21(13-10-19)17-32(26(34)18-33-24-8-4-3-7-23(24)30-31-33)27(25-14-11-20(2)37-25)28(35)29-16-22-6-5-15-36-22/h3-15,27H,16-18H2,1-2H3,(H,29,35)/t27-/m1/s1. The van der Waals surface area contributed by atoms with Crippen molar-refractivity contribution in [3.63, 3.8) is 0 Å². The number of fused-ring (bicyclic) bond motifs is 1. The minimum Gasteiger partial charge on any atom is -0.467 e. The van der Waals surface area contributed by atoms with Gasteiger partial charge < -0.3 is 19.1 Å². The Bertz CT molecular complexity index is 1500. The fraction of sp³-hybridized carbons (Fsp3) is 0.214. The van der Waals surface area contributed by atoms with Crippen molar-refractivity contribution in [2.75, 3.05) is 0 Å². The molecule has 2 aromatic carbocycles. The maximum Gasteiger partial charge on any atom is 0.251 e. The van der Waals surface area contributed by atoms with E-state index in [0.29, 0.717) is 22.8 Å². The fourth-order valence-electron chi connectivity index (χ4n) is 4.18. The average Bonchev–Trinajstić information content (AvgIpc) is 3.66. The molecule has 0 aliphatic rings. The van der Waals surface area contributed by atoms with E-state index in [1.54, 1.807) is 42.1 Å². The van der Waals surface area contributed by atoms with Gasteiger partial charge in [0.15, 0.2) is 6.04 Å². The van der Waals surface area contributed by atoms with Crippen molar-refractivity contribution in [3.05, 3.63) is 107 Å². The van der Waals surface area contributed by atoms with E-state index in [9.17, 15) is 9.59 Å². The van der Waals surface area contributed by atoms with Gasteiger partial charge in [-0.3, -0.25) is 9.59 Å². The molecule has 0 radical (unpaired) electrons. The minimum atomic E-state index is -1.01. The van der Waals surface area contributed by atoms with Crippen LogP contribution < -0.4 is 5.32 Å². The lowest BCUT2D eigenvalue weighted by atomic mass is 10.1. The van der Waals surface area contributed by atoms with Crippen LogP contribution in [0.15, 0.2) is 87.9 Å². The van der Waals surface area contributed by atoms with Crippen molar-refractivity contribution in [1.82, 2.24) is 25.2 Å². The highest BCUT2D eigenvalue weighted by atomic mass is 16.3. The third kappa shape index (κ3) is 5.45. The predicted octanol–water partition coefficient (Wildman–Crippen LogP) is 4.32. The first-order chi connectivity index (χ1) is 18.0. The van der Waals surface area contributed by atoms with E-state index in [1.807, 2.05) is 55.5 Å². The molecule has 5 rings (SSSR count). The van der Waals surface area contributed by atoms with E-state index in [-0.39, 0.29) is 31.4 Å². The number of hydrogen-bond donors (Lipinski definition) is 1. The summed E-state index contributed by atoms with van der Waals surface area (Å²) in [5.41, 5.74) is 3.41. The Morgan fingerprint density at radius 3 is 2.54 bits per heavy atom. The lowest BCUT2D eigenvalue weighted by Crippen LogP contribution is -2.44. The van der Waals surface area contributed by atoms with Gasteiger partial charge in [-0.15, -0.1) is 5.10 Å². The molecule has 5 aromatic rings. The van der Waals surface area contributed by atoms with Crippen LogP contribution in [0.25, 0.3) is 11.0 Å². The fourth-order valence-corrected chi connectivity index (χ4v) is 4.18. The summed E-state index contributed by atoms with van der Waals surface area (Å²) in [6, 6.07) is 21.3. The van der Waals surface area contributed by atoms with E-state index >= 15 is 0 Å². The van der Waals surface area contributed by atoms with Gasteiger partial charge in [-0.05, 0) is 55.8 Å². The predicted molar refractivity (Wildman–Crippen MR) is 136 cm³/mol. The molecule has 37 heavy (non-hydrogen) atoms. The number of amides is 2. The molecule has 1 atom stereocenters. The Hall–Kier alpha value is -4.66. The molecule has 0 bridgehead atoms. The van der Waals surface area contributed by atoms with E-state index in [0.717, 1.165) is 16.6 Å². The lowest BCUT2D eigenvalue weighted by molar-refractivity contribution is -0.143. The second kappa shape index (κ2) is 10.5. The number of nitrogens with one attached hydrogen (secondary N) is 1. The first kappa shape index (κ1) is 24.1. The van der Waals surface area contributed by atoms with Crippen molar-refractivity contribution < 1.29 is 18.4 Å². The zero-order valence-corrected chi connectivity index (χ0v) is 20.6. The highest BCUT2D eigenvalue weighted by Crippen LogP contribution is 2.27. The number of furan rings is 2. The Morgan fingerprint density at radius 2 is 1.81 bits per heavy atom. The molecular formula is C28H27N5O4. The largest absolute Gasteiger partial charge is 0.467 e. The van der Waals surface area contributed by atoms with Crippen LogP contribution in [0, 0.1) is 13.8 Å². The maximum absolute atomic E-state index is 13.9. The van der Waals surface area contributed by atoms with Crippen LogP contribution in [-0.4, -0.2) is 31.7 Å². The van der Waals surface area contributed by atoms with E-state index < -0.39 is 6.04 Å². The molecular weight excluding hydrogens is 470 g/mol. The van der Waals surface area contributed by atoms with Crippen molar-refractivity contribution in [2.24, 2.45) is 0 Å². The Labute approximate surface area is 213 Å². The number of carbonyl (C=O) groups is 2. The summed E-state index contributed by atoms with van der Waals surface area (Å²) >= 11 is 0. The zero-order chi connectivity index (χ0) is 25.8. The van der Waals surface area contributed by atoms with E-state index in [1.165, 1.54) is 4.90 Å². The summed E-state index contributed by atoms with van der Waals surface area (Å²) in [5, 5.41) is 11.2. The Balaban J connectivity index is 1.49. The minimum absolute atomic E-state index is 0.0893. The second-order valence-corrected chi connectivity index (χ2v) is 8.89. The van der Waals surface area contributed by atoms with E-state index in [2.05, 4.69) is 15.6 Å². The SMILES string of the molecule is Cc1ccc(CN(C(=O)Cn2nnc3ccccc32)[C@@H](C(=O)NCc2ccco2)c2ccc(C)o2)cc1. The molecule has 2 amide bonds. The van der Waals surface area contributed by atoms with Crippen LogP contribution in [0.2, 0.25) is 0 Å². The summed E-state index contributed by atoms with van der Waals surface area (Å²) in [4.78, 5) is 29.0. The summed E-state index contributed by atoms with van der Waals surface area (Å²) in [7, 11) is 0. The highest BCUT2D eigenvalue weighted by Gasteiger charge is 2.34. The molecule has 0 saturated heterocycles. The molecule has 0 unspecified atom stereocenters. The maximum atomic E-state index is 13.9. The normalized spacial score (nSPS) is 11.9. The molecule has 0 saturated carbocycles. The van der Waals surface area contributed by atoms with Gasteiger partial charge in [-0.2, -0.15) is 0 Å². The summed E-state index contributed by atoms with van der Waals surface area (Å²) in [5.74, 6) is 0.938. The zero-order valence-electron chi connectivity index (χ0n) is 20.6. The lowest BCUT2D eigenvalue weighted by Gasteiger charge is -2.30. The topological polar surface area (TPSA) is 106 Å². The van der Waals surface area contributed by atoms with Crippen molar-refractivity contribution in [2.45, 2.75) is 39.5 Å². The molecule has 3 heterocycles. The number of aromatic nitrogens is 3. The average molecular weight is 498 g/mol. The Morgan fingerprint density at radius 1 is 1.00 bits per heavy atom. The Kier molecular flexibility index (Phi) is 6.85. The number of rotatable bonds is 9. The molecule has 188 valence electrons. The number of para-hydroxylation sites is 1. The van der Waals surface area contributed by atoms with Gasteiger partial charge in [0.1, 0.15) is 29.3 Å². The van der Waals surface area contributed by atoms with Crippen molar-refractivity contribution in [3.8, 4) is 0 Å². The van der Waals surface area contributed by atoms with Gasteiger partial charge in [0, 0.05) is 6.54 Å². The number of carbonyl (C=O) groups excluding carboxylic acids is 2. The third-order valence-corrected chi connectivity index (χ3v) is 6.11. The number of hydrogen-bond acceptors (Lipinski definition) is 6. The van der Waals surface area contributed by atoms with Gasteiger partial charge in [0.25, 0.3) is 5.91 Å². The summed E-state index contributed by atoms with van der Waals surface area (Å²) in [6.07, 6.45) is 1.55. The van der Waals surface area contributed by atoms with Gasteiger partial charge in [0.05, 0.1) is 18.3 Å². The first-order valence-electron chi connectivity index (χ1n) is 12.0. The number of benzene rings is 2. The molecule has 9 heteroatoms. The van der Waals surface area contributed by atoms with Gasteiger partial charge >= 0.3 is 0 Å². The molecule has 0 fully saturated rings. The first-order valence-corrected chi connectivity index (χ1v) is 12.0. The van der Waals surface area contributed by atoms with Crippen LogP contribution in [0.5, 0.6) is 0 Å². The van der Waals surface area contributed by atoms with E-state index in [4.69, 9.17) is 8.83 Å². The number of aryl methyl sites for hydroxylation is 2. The smallest absolute Gasteiger partial charge is 0.251 e. The monoisotopic (exact) mass is 497 g/mol. The quantitative estimate of drug-likeness (QED) is 0.325. The van der Waals surface area contributed by atoms with Crippen LogP contribution in [0.3, 0.4) is 0 Å². The molecule has 1 N–H and O–H groups in total. The third-order valence-electron chi connectivity index (χ3n) is 6.11. The molecule has 3 aromatic heterocycles. The van der Waals surface area contributed by atoms with Gasteiger partial charge in [-0.25, -0.2) is 4.68 Å². The molecule has 0 spiro atoms. The van der Waals surface area contributed by atoms with Gasteiger partial charge in [0.2, 0.25) is 5.91 Å². The molecule has 0 aliphatic heterocycles. The van der Waals surface area contributed by atoms with Crippen LogP contribution in [0.4, 0.5) is 0 Å². The molecule has 9 nitrogen and oxygen atoms in total. The molecule has 0 aliphatic carbocycles. The van der Waals surface area contributed by atoms with Crippen LogP contribution in [0.1, 0.15) is 34.4 Å². The van der Waals surface area contributed by atoms with Crippen LogP contribution in [-0.2, 0) is 29.2 Å². The highest BCUT2D eigenvalue weighted by molar-refractivity contribution is 5.88. The van der Waals surface area contributed by atoms with Crippen LogP contribution >= 0.6 is 0 Å². The van der Waals surface area contributed by atoms with Crippen molar-refractivity contribution >= 4 is 22.8 Å².